The molecule has 0 aliphatic heterocycles. The van der Waals surface area contributed by atoms with Crippen molar-refractivity contribution in [2.24, 2.45) is 4.99 Å². The summed E-state index contributed by atoms with van der Waals surface area (Å²) in [7, 11) is 6.39. The number of nitrogens with one attached hydrogen (secondary N) is 2. The second kappa shape index (κ2) is 11.9. The molecule has 2 aromatic rings. The molecule has 0 unspecified atom stereocenters. The van der Waals surface area contributed by atoms with Crippen molar-refractivity contribution in [3.63, 3.8) is 0 Å². The van der Waals surface area contributed by atoms with Gasteiger partial charge in [-0.3, -0.25) is 4.99 Å². The van der Waals surface area contributed by atoms with Crippen LogP contribution in [0.15, 0.2) is 39.8 Å². The molecule has 0 saturated carbocycles. The van der Waals surface area contributed by atoms with E-state index >= 15 is 0 Å². The van der Waals surface area contributed by atoms with Crippen LogP contribution in [0, 0.1) is 5.82 Å². The van der Waals surface area contributed by atoms with Crippen LogP contribution in [0.4, 0.5) is 4.39 Å². The first-order valence-electron chi connectivity index (χ1n) is 8.19. The minimum atomic E-state index is -0.290. The maximum absolute atomic E-state index is 13.5. The summed E-state index contributed by atoms with van der Waals surface area (Å²) in [6.45, 7) is 0.925. The Balaban J connectivity index is 0.00000392. The molecule has 0 aromatic heterocycles. The summed E-state index contributed by atoms with van der Waals surface area (Å²) in [4.78, 5) is 4.18. The van der Waals surface area contributed by atoms with Crippen LogP contribution < -0.4 is 24.8 Å². The molecule has 0 saturated heterocycles. The van der Waals surface area contributed by atoms with Crippen molar-refractivity contribution < 1.29 is 18.6 Å². The first-order valence-corrected chi connectivity index (χ1v) is 8.98. The molecule has 0 radical (unpaired) electrons. The molecule has 28 heavy (non-hydrogen) atoms. The molecule has 2 N–H and O–H groups in total. The van der Waals surface area contributed by atoms with Gasteiger partial charge in [-0.2, -0.15) is 0 Å². The third-order valence-electron chi connectivity index (χ3n) is 3.79. The lowest BCUT2D eigenvalue weighted by Gasteiger charge is -2.16. The number of rotatable bonds is 7. The molecule has 0 aliphatic rings. The number of aliphatic imine (C=N–C) groups is 1. The number of methoxy groups -OCH3 is 3. The van der Waals surface area contributed by atoms with Gasteiger partial charge in [0.2, 0.25) is 5.75 Å². The standard InChI is InChI=1S/C19H23BrFN3O3.HI/c1-22-19(23-10-12-5-14(20)9-15(21)6-12)24-11-13-7-16(25-2)18(27-4)17(8-13)26-3;/h5-9H,10-11H2,1-4H3,(H2,22,23,24);1H. The number of hydrogen-bond donors (Lipinski definition) is 2. The first-order chi connectivity index (χ1) is 13.0. The van der Waals surface area contributed by atoms with E-state index in [0.717, 1.165) is 11.1 Å². The molecule has 154 valence electrons. The van der Waals surface area contributed by atoms with Crippen molar-refractivity contribution in [2.75, 3.05) is 28.4 Å². The van der Waals surface area contributed by atoms with Gasteiger partial charge in [0.15, 0.2) is 17.5 Å². The van der Waals surface area contributed by atoms with E-state index in [2.05, 4.69) is 31.6 Å². The number of hydrogen-bond acceptors (Lipinski definition) is 4. The van der Waals surface area contributed by atoms with Crippen LogP contribution in [0.3, 0.4) is 0 Å². The van der Waals surface area contributed by atoms with Crippen LogP contribution in [0.1, 0.15) is 11.1 Å². The highest BCUT2D eigenvalue weighted by Gasteiger charge is 2.13. The van der Waals surface area contributed by atoms with E-state index in [-0.39, 0.29) is 29.8 Å². The van der Waals surface area contributed by atoms with Gasteiger partial charge in [0, 0.05) is 24.6 Å². The van der Waals surface area contributed by atoms with E-state index in [0.29, 0.717) is 40.8 Å². The average Bonchev–Trinajstić information content (AvgIpc) is 2.66. The fourth-order valence-electron chi connectivity index (χ4n) is 2.54. The minimum Gasteiger partial charge on any atom is -0.493 e. The summed E-state index contributed by atoms with van der Waals surface area (Å²) >= 11 is 3.29. The Morgan fingerprint density at radius 2 is 1.46 bits per heavy atom. The molecular formula is C19H24BrFIN3O3. The Kier molecular flexibility index (Phi) is 10.4. The predicted octanol–water partition coefficient (Wildman–Crippen LogP) is 4.10. The Labute approximate surface area is 190 Å². The number of ether oxygens (including phenoxy) is 3. The first kappa shape index (κ1) is 24.3. The Morgan fingerprint density at radius 1 is 0.929 bits per heavy atom. The second-order valence-corrected chi connectivity index (χ2v) is 6.51. The summed E-state index contributed by atoms with van der Waals surface area (Å²) < 4.78 is 30.2. The average molecular weight is 568 g/mol. The largest absolute Gasteiger partial charge is 0.493 e. The quantitative estimate of drug-likeness (QED) is 0.300. The van der Waals surface area contributed by atoms with Crippen molar-refractivity contribution in [2.45, 2.75) is 13.1 Å². The lowest BCUT2D eigenvalue weighted by atomic mass is 10.2. The van der Waals surface area contributed by atoms with Gasteiger partial charge in [0.1, 0.15) is 5.82 Å². The third-order valence-corrected chi connectivity index (χ3v) is 4.25. The van der Waals surface area contributed by atoms with Gasteiger partial charge < -0.3 is 24.8 Å². The molecule has 6 nitrogen and oxygen atoms in total. The highest BCUT2D eigenvalue weighted by atomic mass is 127. The Hall–Kier alpha value is -1.75. The molecule has 0 bridgehead atoms. The monoisotopic (exact) mass is 567 g/mol. The topological polar surface area (TPSA) is 64.1 Å². The van der Waals surface area contributed by atoms with Crippen LogP contribution in [-0.4, -0.2) is 34.3 Å². The summed E-state index contributed by atoms with van der Waals surface area (Å²) in [6.07, 6.45) is 0. The highest BCUT2D eigenvalue weighted by Crippen LogP contribution is 2.38. The normalized spacial score (nSPS) is 10.7. The van der Waals surface area contributed by atoms with E-state index in [1.165, 1.54) is 12.1 Å². The van der Waals surface area contributed by atoms with E-state index in [4.69, 9.17) is 14.2 Å². The SMILES string of the molecule is CN=C(NCc1cc(F)cc(Br)c1)NCc1cc(OC)c(OC)c(OC)c1.I. The fraction of sp³-hybridized carbons (Fsp3) is 0.316. The Morgan fingerprint density at radius 3 is 1.89 bits per heavy atom. The molecule has 2 rings (SSSR count). The van der Waals surface area contributed by atoms with Gasteiger partial charge in [-0.05, 0) is 41.5 Å². The summed E-state index contributed by atoms with van der Waals surface area (Å²) in [5, 5.41) is 6.36. The van der Waals surface area contributed by atoms with Crippen molar-refractivity contribution in [1.82, 2.24) is 10.6 Å². The minimum absolute atomic E-state index is 0. The predicted molar refractivity (Wildman–Crippen MR) is 123 cm³/mol. The van der Waals surface area contributed by atoms with Gasteiger partial charge in [-0.1, -0.05) is 15.9 Å². The zero-order valence-corrected chi connectivity index (χ0v) is 20.1. The molecule has 9 heteroatoms. The Bertz CT molecular complexity index is 776. The number of halogens is 3. The van der Waals surface area contributed by atoms with Crippen LogP contribution >= 0.6 is 39.9 Å². The van der Waals surface area contributed by atoms with Crippen molar-refractivity contribution in [1.29, 1.82) is 0 Å². The summed E-state index contributed by atoms with van der Waals surface area (Å²) in [5.41, 5.74) is 1.73. The van der Waals surface area contributed by atoms with Crippen LogP contribution in [0.5, 0.6) is 17.2 Å². The van der Waals surface area contributed by atoms with Gasteiger partial charge in [0.25, 0.3) is 0 Å². The molecule has 0 fully saturated rings. The van der Waals surface area contributed by atoms with E-state index in [9.17, 15) is 4.39 Å². The van der Waals surface area contributed by atoms with Crippen LogP contribution in [0.25, 0.3) is 0 Å². The van der Waals surface area contributed by atoms with Crippen LogP contribution in [-0.2, 0) is 13.1 Å². The van der Waals surface area contributed by atoms with Gasteiger partial charge >= 0.3 is 0 Å². The molecule has 0 amide bonds. The lowest BCUT2D eigenvalue weighted by Crippen LogP contribution is -2.36. The van der Waals surface area contributed by atoms with Crippen molar-refractivity contribution in [3.05, 3.63) is 51.7 Å². The highest BCUT2D eigenvalue weighted by molar-refractivity contribution is 14.0. The zero-order valence-electron chi connectivity index (χ0n) is 16.1. The zero-order chi connectivity index (χ0) is 19.8. The van der Waals surface area contributed by atoms with Crippen molar-refractivity contribution in [3.8, 4) is 17.2 Å². The molecule has 0 heterocycles. The summed E-state index contributed by atoms with van der Waals surface area (Å²) in [5.74, 6) is 2.01. The number of guanidine groups is 1. The maximum atomic E-state index is 13.5. The lowest BCUT2D eigenvalue weighted by molar-refractivity contribution is 0.323. The number of nitrogens with zero attached hydrogens (tertiary/aromatic N) is 1. The molecule has 0 aliphatic carbocycles. The smallest absolute Gasteiger partial charge is 0.203 e. The van der Waals surface area contributed by atoms with E-state index in [1.54, 1.807) is 28.4 Å². The van der Waals surface area contributed by atoms with E-state index in [1.807, 2.05) is 18.2 Å². The third kappa shape index (κ3) is 6.69. The number of benzene rings is 2. The summed E-state index contributed by atoms with van der Waals surface area (Å²) in [6, 6.07) is 8.48. The second-order valence-electron chi connectivity index (χ2n) is 5.59. The van der Waals surface area contributed by atoms with Gasteiger partial charge in [-0.15, -0.1) is 24.0 Å². The van der Waals surface area contributed by atoms with Crippen molar-refractivity contribution >= 4 is 45.9 Å². The molecule has 0 atom stereocenters. The molecule has 0 spiro atoms. The van der Waals surface area contributed by atoms with Crippen LogP contribution in [0.2, 0.25) is 0 Å². The van der Waals surface area contributed by atoms with Gasteiger partial charge in [0.05, 0.1) is 21.3 Å². The van der Waals surface area contributed by atoms with Gasteiger partial charge in [-0.25, -0.2) is 4.39 Å². The molecular weight excluding hydrogens is 544 g/mol. The maximum Gasteiger partial charge on any atom is 0.203 e. The van der Waals surface area contributed by atoms with E-state index < -0.39 is 0 Å². The molecule has 2 aromatic carbocycles. The fourth-order valence-corrected chi connectivity index (χ4v) is 3.06.